The van der Waals surface area contributed by atoms with Gasteiger partial charge in [-0.05, 0) is 55.0 Å². The SMILES string of the molecule is O=C(COc1ccc(N2CCCC2=O)cc1)Nc1ccc(-c2nc3ccccc3s2)cn1. The minimum Gasteiger partial charge on any atom is -0.484 e. The first-order chi connectivity index (χ1) is 15.7. The summed E-state index contributed by atoms with van der Waals surface area (Å²) in [6.45, 7) is 0.607. The van der Waals surface area contributed by atoms with Gasteiger partial charge >= 0.3 is 0 Å². The Balaban J connectivity index is 1.16. The van der Waals surface area contributed by atoms with E-state index in [1.165, 1.54) is 0 Å². The molecule has 0 unspecified atom stereocenters. The Labute approximate surface area is 188 Å². The number of benzene rings is 2. The first kappa shape index (κ1) is 20.1. The highest BCUT2D eigenvalue weighted by Gasteiger charge is 2.21. The van der Waals surface area contributed by atoms with Crippen molar-refractivity contribution in [2.24, 2.45) is 0 Å². The van der Waals surface area contributed by atoms with Gasteiger partial charge in [-0.25, -0.2) is 9.97 Å². The lowest BCUT2D eigenvalue weighted by Gasteiger charge is -2.16. The highest BCUT2D eigenvalue weighted by molar-refractivity contribution is 7.21. The average Bonchev–Trinajstić information content (AvgIpc) is 3.45. The minimum absolute atomic E-state index is 0.136. The molecule has 0 aliphatic carbocycles. The quantitative estimate of drug-likeness (QED) is 0.473. The molecule has 3 heterocycles. The molecule has 2 aromatic carbocycles. The minimum atomic E-state index is -0.302. The van der Waals surface area contributed by atoms with Crippen molar-refractivity contribution in [3.8, 4) is 16.3 Å². The third-order valence-corrected chi connectivity index (χ3v) is 6.25. The summed E-state index contributed by atoms with van der Waals surface area (Å²) in [4.78, 5) is 34.8. The van der Waals surface area contributed by atoms with Crippen LogP contribution in [0, 0.1) is 0 Å². The number of rotatable bonds is 6. The van der Waals surface area contributed by atoms with E-state index in [9.17, 15) is 9.59 Å². The van der Waals surface area contributed by atoms with E-state index in [0.29, 0.717) is 18.0 Å². The number of para-hydroxylation sites is 1. The summed E-state index contributed by atoms with van der Waals surface area (Å²) in [7, 11) is 0. The molecule has 0 radical (unpaired) electrons. The predicted molar refractivity (Wildman–Crippen MR) is 125 cm³/mol. The molecular formula is C24H20N4O3S. The maximum atomic E-state index is 12.2. The van der Waals surface area contributed by atoms with E-state index in [-0.39, 0.29) is 18.4 Å². The molecule has 8 heteroatoms. The number of fused-ring (bicyclic) bond motifs is 1. The smallest absolute Gasteiger partial charge is 0.263 e. The number of ether oxygens (including phenoxy) is 1. The molecule has 0 atom stereocenters. The van der Waals surface area contributed by atoms with Gasteiger partial charge in [0.05, 0.1) is 10.2 Å². The van der Waals surface area contributed by atoms with Gasteiger partial charge in [0.1, 0.15) is 16.6 Å². The zero-order chi connectivity index (χ0) is 21.9. The van der Waals surface area contributed by atoms with Crippen molar-refractivity contribution >= 4 is 44.9 Å². The lowest BCUT2D eigenvalue weighted by molar-refractivity contribution is -0.118. The number of nitrogens with zero attached hydrogens (tertiary/aromatic N) is 3. The number of hydrogen-bond acceptors (Lipinski definition) is 6. The van der Waals surface area contributed by atoms with Gasteiger partial charge in [0, 0.05) is 30.4 Å². The van der Waals surface area contributed by atoms with Crippen LogP contribution >= 0.6 is 11.3 Å². The molecule has 0 saturated carbocycles. The Hall–Kier alpha value is -3.78. The molecule has 5 rings (SSSR count). The second-order valence-corrected chi connectivity index (χ2v) is 8.43. The summed E-state index contributed by atoms with van der Waals surface area (Å²) < 4.78 is 6.68. The van der Waals surface area contributed by atoms with Crippen LogP contribution in [0.3, 0.4) is 0 Å². The van der Waals surface area contributed by atoms with Crippen LogP contribution in [0.25, 0.3) is 20.8 Å². The molecular weight excluding hydrogens is 424 g/mol. The van der Waals surface area contributed by atoms with Gasteiger partial charge in [0.25, 0.3) is 5.91 Å². The van der Waals surface area contributed by atoms with Crippen molar-refractivity contribution in [2.75, 3.05) is 23.4 Å². The second kappa shape index (κ2) is 8.76. The van der Waals surface area contributed by atoms with Crippen molar-refractivity contribution < 1.29 is 14.3 Å². The Morgan fingerprint density at radius 3 is 2.66 bits per heavy atom. The highest BCUT2D eigenvalue weighted by atomic mass is 32.1. The maximum absolute atomic E-state index is 12.2. The van der Waals surface area contributed by atoms with Crippen molar-refractivity contribution in [1.82, 2.24) is 9.97 Å². The van der Waals surface area contributed by atoms with Crippen LogP contribution in [0.5, 0.6) is 5.75 Å². The van der Waals surface area contributed by atoms with Crippen molar-refractivity contribution in [2.45, 2.75) is 12.8 Å². The van der Waals surface area contributed by atoms with Crippen LogP contribution in [0.15, 0.2) is 66.9 Å². The number of aromatic nitrogens is 2. The summed E-state index contributed by atoms with van der Waals surface area (Å²) >= 11 is 1.60. The van der Waals surface area contributed by atoms with E-state index in [4.69, 9.17) is 4.74 Å². The number of carbonyl (C=O) groups excluding carboxylic acids is 2. The zero-order valence-corrected chi connectivity index (χ0v) is 18.0. The number of carbonyl (C=O) groups is 2. The summed E-state index contributed by atoms with van der Waals surface area (Å²) in [6, 6.07) is 18.8. The fraction of sp³-hybridized carbons (Fsp3) is 0.167. The van der Waals surface area contributed by atoms with Gasteiger partial charge < -0.3 is 15.0 Å². The average molecular weight is 445 g/mol. The fourth-order valence-electron chi connectivity index (χ4n) is 3.56. The normalized spacial score (nSPS) is 13.5. The summed E-state index contributed by atoms with van der Waals surface area (Å²) in [5, 5.41) is 3.62. The van der Waals surface area contributed by atoms with Gasteiger partial charge in [-0.3, -0.25) is 9.59 Å². The molecule has 1 N–H and O–H groups in total. The summed E-state index contributed by atoms with van der Waals surface area (Å²) in [5.41, 5.74) is 2.71. The third kappa shape index (κ3) is 4.31. The number of anilines is 2. The van der Waals surface area contributed by atoms with Crippen molar-refractivity contribution in [1.29, 1.82) is 0 Å². The third-order valence-electron chi connectivity index (χ3n) is 5.16. The Morgan fingerprint density at radius 1 is 1.09 bits per heavy atom. The number of thiazole rings is 1. The monoisotopic (exact) mass is 444 g/mol. The largest absolute Gasteiger partial charge is 0.484 e. The summed E-state index contributed by atoms with van der Waals surface area (Å²) in [6.07, 6.45) is 3.17. The van der Waals surface area contributed by atoms with Crippen LogP contribution < -0.4 is 15.0 Å². The Morgan fingerprint density at radius 2 is 1.94 bits per heavy atom. The van der Waals surface area contributed by atoms with E-state index < -0.39 is 0 Å². The van der Waals surface area contributed by atoms with Crippen LogP contribution in [0.4, 0.5) is 11.5 Å². The molecule has 0 spiro atoms. The molecule has 1 saturated heterocycles. The standard InChI is InChI=1S/C24H20N4O3S/c29-22(15-31-18-10-8-17(9-11-18)28-13-3-6-23(28)30)27-21-12-7-16(14-25-21)24-26-19-4-1-2-5-20(19)32-24/h1-2,4-5,7-12,14H,3,6,13,15H2,(H,25,27,29). The molecule has 4 aromatic rings. The van der Waals surface area contributed by atoms with Crippen molar-refractivity contribution in [3.63, 3.8) is 0 Å². The molecule has 1 aliphatic rings. The number of amides is 2. The van der Waals surface area contributed by atoms with Gasteiger partial charge in [-0.15, -0.1) is 11.3 Å². The van der Waals surface area contributed by atoms with E-state index in [0.717, 1.165) is 39.4 Å². The van der Waals surface area contributed by atoms with Crippen molar-refractivity contribution in [3.05, 3.63) is 66.9 Å². The van der Waals surface area contributed by atoms with Crippen LogP contribution in [0.1, 0.15) is 12.8 Å². The Kier molecular flexibility index (Phi) is 5.51. The molecule has 7 nitrogen and oxygen atoms in total. The summed E-state index contributed by atoms with van der Waals surface area (Å²) in [5.74, 6) is 0.852. The lowest BCUT2D eigenvalue weighted by atomic mass is 10.3. The maximum Gasteiger partial charge on any atom is 0.263 e. The number of nitrogens with one attached hydrogen (secondary N) is 1. The molecule has 32 heavy (non-hydrogen) atoms. The van der Waals surface area contributed by atoms with Gasteiger partial charge in [0.15, 0.2) is 6.61 Å². The first-order valence-corrected chi connectivity index (χ1v) is 11.1. The molecule has 2 aromatic heterocycles. The number of pyridine rings is 1. The topological polar surface area (TPSA) is 84.4 Å². The van der Waals surface area contributed by atoms with Crippen LogP contribution in [0.2, 0.25) is 0 Å². The first-order valence-electron chi connectivity index (χ1n) is 10.3. The van der Waals surface area contributed by atoms with E-state index >= 15 is 0 Å². The second-order valence-electron chi connectivity index (χ2n) is 7.40. The van der Waals surface area contributed by atoms with E-state index in [1.807, 2.05) is 42.5 Å². The molecule has 160 valence electrons. The highest BCUT2D eigenvalue weighted by Crippen LogP contribution is 2.30. The lowest BCUT2D eigenvalue weighted by Crippen LogP contribution is -2.23. The number of hydrogen-bond donors (Lipinski definition) is 1. The molecule has 1 aliphatic heterocycles. The van der Waals surface area contributed by atoms with E-state index in [1.54, 1.807) is 40.6 Å². The molecule has 2 amide bonds. The predicted octanol–water partition coefficient (Wildman–Crippen LogP) is 4.50. The van der Waals surface area contributed by atoms with Crippen LogP contribution in [-0.2, 0) is 9.59 Å². The van der Waals surface area contributed by atoms with Gasteiger partial charge in [-0.2, -0.15) is 0 Å². The van der Waals surface area contributed by atoms with Crippen LogP contribution in [-0.4, -0.2) is 34.9 Å². The Bertz CT molecular complexity index is 1240. The fourth-order valence-corrected chi connectivity index (χ4v) is 4.52. The van der Waals surface area contributed by atoms with Gasteiger partial charge in [0.2, 0.25) is 5.91 Å². The molecule has 1 fully saturated rings. The zero-order valence-electron chi connectivity index (χ0n) is 17.2. The van der Waals surface area contributed by atoms with E-state index in [2.05, 4.69) is 15.3 Å². The molecule has 0 bridgehead atoms. The van der Waals surface area contributed by atoms with Gasteiger partial charge in [-0.1, -0.05) is 12.1 Å².